The molecule has 124 valence electrons. The summed E-state index contributed by atoms with van der Waals surface area (Å²) >= 11 is 0. The van der Waals surface area contributed by atoms with Crippen LogP contribution in [0.25, 0.3) is 28.0 Å². The van der Waals surface area contributed by atoms with Crippen LogP contribution in [0.1, 0.15) is 17.3 Å². The van der Waals surface area contributed by atoms with Gasteiger partial charge in [-0.05, 0) is 25.1 Å². The van der Waals surface area contributed by atoms with Crippen molar-refractivity contribution in [1.29, 1.82) is 0 Å². The van der Waals surface area contributed by atoms with Crippen LogP contribution in [0.2, 0.25) is 0 Å². The molecule has 0 radical (unpaired) electrons. The SMILES string of the molecule is CCOC(=O)c1c[nH]c2ncnc(-c3cccc(-n4cccn4)c3)c12. The second-order valence-corrected chi connectivity index (χ2v) is 5.37. The Hall–Kier alpha value is -3.48. The summed E-state index contributed by atoms with van der Waals surface area (Å²) in [5, 5.41) is 4.90. The van der Waals surface area contributed by atoms with E-state index in [9.17, 15) is 4.79 Å². The molecule has 0 bridgehead atoms. The van der Waals surface area contributed by atoms with Crippen molar-refractivity contribution in [2.45, 2.75) is 6.92 Å². The molecule has 3 aromatic heterocycles. The van der Waals surface area contributed by atoms with Crippen molar-refractivity contribution < 1.29 is 9.53 Å². The van der Waals surface area contributed by atoms with Crippen molar-refractivity contribution in [1.82, 2.24) is 24.7 Å². The van der Waals surface area contributed by atoms with E-state index in [1.165, 1.54) is 6.33 Å². The zero-order chi connectivity index (χ0) is 17.2. The molecular formula is C18H15N5O2. The highest BCUT2D eigenvalue weighted by Gasteiger charge is 2.19. The number of nitrogens with zero attached hydrogens (tertiary/aromatic N) is 4. The Morgan fingerprint density at radius 2 is 2.20 bits per heavy atom. The van der Waals surface area contributed by atoms with Crippen LogP contribution in [0.3, 0.4) is 0 Å². The van der Waals surface area contributed by atoms with Crippen molar-refractivity contribution in [3.05, 3.63) is 60.8 Å². The molecule has 7 heteroatoms. The zero-order valence-corrected chi connectivity index (χ0v) is 13.5. The first-order valence-corrected chi connectivity index (χ1v) is 7.87. The minimum atomic E-state index is -0.395. The van der Waals surface area contributed by atoms with Crippen molar-refractivity contribution in [2.24, 2.45) is 0 Å². The second-order valence-electron chi connectivity index (χ2n) is 5.37. The number of aromatic nitrogens is 5. The molecule has 1 N–H and O–H groups in total. The van der Waals surface area contributed by atoms with Gasteiger partial charge in [-0.15, -0.1) is 0 Å². The van der Waals surface area contributed by atoms with Crippen LogP contribution in [0.5, 0.6) is 0 Å². The van der Waals surface area contributed by atoms with Gasteiger partial charge in [-0.2, -0.15) is 5.10 Å². The summed E-state index contributed by atoms with van der Waals surface area (Å²) in [5.41, 5.74) is 3.46. The fraction of sp³-hybridized carbons (Fsp3) is 0.111. The summed E-state index contributed by atoms with van der Waals surface area (Å²) < 4.78 is 6.91. The van der Waals surface area contributed by atoms with Gasteiger partial charge in [-0.3, -0.25) is 0 Å². The molecule has 0 aliphatic rings. The lowest BCUT2D eigenvalue weighted by molar-refractivity contribution is 0.0528. The summed E-state index contributed by atoms with van der Waals surface area (Å²) in [5.74, 6) is -0.395. The van der Waals surface area contributed by atoms with Gasteiger partial charge in [0.25, 0.3) is 0 Å². The lowest BCUT2D eigenvalue weighted by Gasteiger charge is -2.07. The number of fused-ring (bicyclic) bond motifs is 1. The van der Waals surface area contributed by atoms with E-state index >= 15 is 0 Å². The highest BCUT2D eigenvalue weighted by atomic mass is 16.5. The van der Waals surface area contributed by atoms with E-state index in [4.69, 9.17) is 4.74 Å². The molecule has 0 amide bonds. The fourth-order valence-corrected chi connectivity index (χ4v) is 2.77. The molecule has 3 heterocycles. The third-order valence-electron chi connectivity index (χ3n) is 3.85. The standard InChI is InChI=1S/C18H15N5O2/c1-2-25-18(24)14-10-19-17-15(14)16(20-11-21-17)12-5-3-6-13(9-12)23-8-4-7-22-23/h3-11H,2H2,1H3,(H,19,20,21). The van der Waals surface area contributed by atoms with E-state index in [0.717, 1.165) is 11.3 Å². The Kier molecular flexibility index (Phi) is 3.74. The van der Waals surface area contributed by atoms with Gasteiger partial charge in [0.1, 0.15) is 12.0 Å². The number of aromatic amines is 1. The van der Waals surface area contributed by atoms with Gasteiger partial charge in [0.15, 0.2) is 0 Å². The quantitative estimate of drug-likeness (QED) is 0.580. The summed E-state index contributed by atoms with van der Waals surface area (Å²) in [6, 6.07) is 9.66. The molecule has 0 aliphatic carbocycles. The minimum absolute atomic E-state index is 0.309. The van der Waals surface area contributed by atoms with E-state index in [1.807, 2.05) is 36.5 Å². The van der Waals surface area contributed by atoms with E-state index in [1.54, 1.807) is 24.0 Å². The average Bonchev–Trinajstić information content (AvgIpc) is 3.31. The molecule has 4 aromatic rings. The van der Waals surface area contributed by atoms with Crippen LogP contribution in [-0.4, -0.2) is 37.3 Å². The van der Waals surface area contributed by atoms with Crippen LogP contribution < -0.4 is 0 Å². The number of carbonyl (C=O) groups is 1. The van der Waals surface area contributed by atoms with Gasteiger partial charge >= 0.3 is 5.97 Å². The lowest BCUT2D eigenvalue weighted by atomic mass is 10.1. The Balaban J connectivity index is 1.88. The third kappa shape index (κ3) is 2.65. The number of ether oxygens (including phenoxy) is 1. The number of rotatable bonds is 4. The van der Waals surface area contributed by atoms with Gasteiger partial charge in [-0.1, -0.05) is 12.1 Å². The smallest absolute Gasteiger partial charge is 0.340 e. The predicted octanol–water partition coefficient (Wildman–Crippen LogP) is 2.99. The number of esters is 1. The lowest BCUT2D eigenvalue weighted by Crippen LogP contribution is -2.04. The number of hydrogen-bond acceptors (Lipinski definition) is 5. The molecule has 0 aliphatic heterocycles. The van der Waals surface area contributed by atoms with E-state index in [-0.39, 0.29) is 0 Å². The molecule has 25 heavy (non-hydrogen) atoms. The van der Waals surface area contributed by atoms with Gasteiger partial charge in [0.05, 0.1) is 28.9 Å². The summed E-state index contributed by atoms with van der Waals surface area (Å²) in [4.78, 5) is 23.9. The molecule has 0 atom stereocenters. The van der Waals surface area contributed by atoms with Crippen molar-refractivity contribution in [3.8, 4) is 16.9 Å². The predicted molar refractivity (Wildman–Crippen MR) is 92.4 cm³/mol. The number of carbonyl (C=O) groups excluding carboxylic acids is 1. The zero-order valence-electron chi connectivity index (χ0n) is 13.5. The van der Waals surface area contributed by atoms with Crippen molar-refractivity contribution in [2.75, 3.05) is 6.61 Å². The molecular weight excluding hydrogens is 318 g/mol. The number of benzene rings is 1. The second kappa shape index (κ2) is 6.20. The highest BCUT2D eigenvalue weighted by Crippen LogP contribution is 2.29. The molecule has 0 saturated carbocycles. The topological polar surface area (TPSA) is 85.7 Å². The molecule has 4 rings (SSSR count). The van der Waals surface area contributed by atoms with Crippen molar-refractivity contribution >= 4 is 17.0 Å². The van der Waals surface area contributed by atoms with Crippen LogP contribution in [0.15, 0.2) is 55.2 Å². The Labute approximate surface area is 143 Å². The van der Waals surface area contributed by atoms with Gasteiger partial charge in [0.2, 0.25) is 0 Å². The van der Waals surface area contributed by atoms with E-state index in [0.29, 0.717) is 28.9 Å². The average molecular weight is 333 g/mol. The first kappa shape index (κ1) is 15.1. The van der Waals surface area contributed by atoms with Gasteiger partial charge in [-0.25, -0.2) is 19.4 Å². The fourth-order valence-electron chi connectivity index (χ4n) is 2.77. The highest BCUT2D eigenvalue weighted by molar-refractivity contribution is 6.08. The van der Waals surface area contributed by atoms with Crippen LogP contribution in [0.4, 0.5) is 0 Å². The normalized spacial score (nSPS) is 10.9. The summed E-state index contributed by atoms with van der Waals surface area (Å²) in [6.07, 6.45) is 6.68. The largest absolute Gasteiger partial charge is 0.462 e. The Morgan fingerprint density at radius 3 is 3.00 bits per heavy atom. The maximum Gasteiger partial charge on any atom is 0.340 e. The van der Waals surface area contributed by atoms with E-state index < -0.39 is 5.97 Å². The maximum atomic E-state index is 12.2. The maximum absolute atomic E-state index is 12.2. The molecule has 0 unspecified atom stereocenters. The molecule has 7 nitrogen and oxygen atoms in total. The Morgan fingerprint density at radius 1 is 1.28 bits per heavy atom. The first-order valence-electron chi connectivity index (χ1n) is 7.87. The summed E-state index contributed by atoms with van der Waals surface area (Å²) in [7, 11) is 0. The third-order valence-corrected chi connectivity index (χ3v) is 3.85. The van der Waals surface area contributed by atoms with Crippen LogP contribution in [0, 0.1) is 0 Å². The van der Waals surface area contributed by atoms with Gasteiger partial charge in [0, 0.05) is 24.2 Å². The van der Waals surface area contributed by atoms with Gasteiger partial charge < -0.3 is 9.72 Å². The summed E-state index contributed by atoms with van der Waals surface area (Å²) in [6.45, 7) is 2.08. The monoisotopic (exact) mass is 333 g/mol. The number of H-pyrrole nitrogens is 1. The molecule has 0 spiro atoms. The van der Waals surface area contributed by atoms with Crippen LogP contribution >= 0.6 is 0 Å². The number of hydrogen-bond donors (Lipinski definition) is 1. The van der Waals surface area contributed by atoms with E-state index in [2.05, 4.69) is 20.1 Å². The van der Waals surface area contributed by atoms with Crippen LogP contribution in [-0.2, 0) is 4.74 Å². The molecule has 1 aromatic carbocycles. The Bertz CT molecular complexity index is 1040. The first-order chi connectivity index (χ1) is 12.3. The molecule has 0 fully saturated rings. The molecule has 0 saturated heterocycles. The minimum Gasteiger partial charge on any atom is -0.462 e. The van der Waals surface area contributed by atoms with Crippen molar-refractivity contribution in [3.63, 3.8) is 0 Å². The number of nitrogens with one attached hydrogen (secondary N) is 1.